The average molecular weight is 277 g/mol. The summed E-state index contributed by atoms with van der Waals surface area (Å²) in [6, 6.07) is 0.489. The third-order valence-corrected chi connectivity index (χ3v) is 4.09. The molecule has 112 valence electrons. The van der Waals surface area contributed by atoms with Gasteiger partial charge >= 0.3 is 0 Å². The van der Waals surface area contributed by atoms with Crippen molar-refractivity contribution in [3.8, 4) is 0 Å². The maximum absolute atomic E-state index is 11.7. The van der Waals surface area contributed by atoms with Gasteiger partial charge in [-0.3, -0.25) is 4.79 Å². The van der Waals surface area contributed by atoms with E-state index in [1.165, 1.54) is 36.8 Å². The molecule has 0 fully saturated rings. The molecule has 20 heavy (non-hydrogen) atoms. The highest BCUT2D eigenvalue weighted by molar-refractivity contribution is 5.75. The fourth-order valence-electron chi connectivity index (χ4n) is 2.95. The second kappa shape index (κ2) is 6.93. The van der Waals surface area contributed by atoms with E-state index >= 15 is 0 Å². The van der Waals surface area contributed by atoms with Crippen LogP contribution in [0.5, 0.6) is 0 Å². The van der Waals surface area contributed by atoms with Crippen LogP contribution < -0.4 is 5.32 Å². The van der Waals surface area contributed by atoms with Crippen LogP contribution in [0.3, 0.4) is 0 Å². The van der Waals surface area contributed by atoms with Crippen LogP contribution >= 0.6 is 0 Å². The molecular weight excluding hydrogens is 250 g/mol. The lowest BCUT2D eigenvalue weighted by atomic mass is 10.0. The summed E-state index contributed by atoms with van der Waals surface area (Å²) in [4.78, 5) is 13.3. The SMILES string of the molecule is CCNC1CCCCc2cn(CCC(=O)N(C)C)cc21. The van der Waals surface area contributed by atoms with Crippen LogP contribution in [0.25, 0.3) is 0 Å². The topological polar surface area (TPSA) is 37.3 Å². The summed E-state index contributed by atoms with van der Waals surface area (Å²) in [7, 11) is 3.63. The van der Waals surface area contributed by atoms with E-state index in [1.807, 2.05) is 14.1 Å². The normalized spacial score (nSPS) is 18.4. The number of carbonyl (C=O) groups excluding carboxylic acids is 1. The number of aromatic nitrogens is 1. The van der Waals surface area contributed by atoms with Gasteiger partial charge in [0, 0.05) is 45.5 Å². The Bertz CT molecular complexity index is 451. The van der Waals surface area contributed by atoms with Crippen LogP contribution in [0.1, 0.15) is 49.8 Å². The fraction of sp³-hybridized carbons (Fsp3) is 0.688. The van der Waals surface area contributed by atoms with Crippen LogP contribution in [0.2, 0.25) is 0 Å². The van der Waals surface area contributed by atoms with Crippen molar-refractivity contribution in [1.82, 2.24) is 14.8 Å². The van der Waals surface area contributed by atoms with Gasteiger partial charge in [-0.25, -0.2) is 0 Å². The molecular formula is C16H27N3O. The summed E-state index contributed by atoms with van der Waals surface area (Å²) in [6.45, 7) is 3.95. The van der Waals surface area contributed by atoms with Crippen molar-refractivity contribution >= 4 is 5.91 Å². The van der Waals surface area contributed by atoms with Gasteiger partial charge in [0.05, 0.1) is 0 Å². The Morgan fingerprint density at radius 1 is 1.40 bits per heavy atom. The molecule has 1 N–H and O–H groups in total. The Hall–Kier alpha value is -1.29. The summed E-state index contributed by atoms with van der Waals surface area (Å²) in [6.07, 6.45) is 10.0. The first kappa shape index (κ1) is 15.1. The van der Waals surface area contributed by atoms with E-state index in [9.17, 15) is 4.79 Å². The van der Waals surface area contributed by atoms with Gasteiger partial charge in [0.15, 0.2) is 0 Å². The number of hydrogen-bond acceptors (Lipinski definition) is 2. The van der Waals surface area contributed by atoms with E-state index in [-0.39, 0.29) is 5.91 Å². The lowest BCUT2D eigenvalue weighted by Gasteiger charge is -2.15. The highest BCUT2D eigenvalue weighted by Crippen LogP contribution is 2.29. The smallest absolute Gasteiger partial charge is 0.223 e. The molecule has 1 aliphatic carbocycles. The van der Waals surface area contributed by atoms with E-state index in [0.29, 0.717) is 12.5 Å². The van der Waals surface area contributed by atoms with Gasteiger partial charge in [-0.1, -0.05) is 13.3 Å². The molecule has 0 radical (unpaired) electrons. The summed E-state index contributed by atoms with van der Waals surface area (Å²) in [5, 5.41) is 3.59. The predicted octanol–water partition coefficient (Wildman–Crippen LogP) is 2.34. The maximum atomic E-state index is 11.7. The Balaban J connectivity index is 2.06. The van der Waals surface area contributed by atoms with Gasteiger partial charge in [-0.05, 0) is 36.9 Å². The summed E-state index contributed by atoms with van der Waals surface area (Å²) < 4.78 is 2.20. The molecule has 1 unspecified atom stereocenters. The monoisotopic (exact) mass is 277 g/mol. The molecule has 0 aromatic carbocycles. The summed E-state index contributed by atoms with van der Waals surface area (Å²) in [5.41, 5.74) is 2.91. The number of carbonyl (C=O) groups is 1. The first-order valence-corrected chi connectivity index (χ1v) is 7.74. The minimum atomic E-state index is 0.192. The Morgan fingerprint density at radius 2 is 2.20 bits per heavy atom. The minimum absolute atomic E-state index is 0.192. The molecule has 4 heteroatoms. The molecule has 4 nitrogen and oxygen atoms in total. The first-order chi connectivity index (χ1) is 9.61. The van der Waals surface area contributed by atoms with E-state index in [2.05, 4.69) is 29.2 Å². The number of nitrogens with one attached hydrogen (secondary N) is 1. The molecule has 1 aliphatic rings. The van der Waals surface area contributed by atoms with Crippen LogP contribution in [0.15, 0.2) is 12.4 Å². The van der Waals surface area contributed by atoms with Crippen molar-refractivity contribution in [3.05, 3.63) is 23.5 Å². The highest BCUT2D eigenvalue weighted by Gasteiger charge is 2.19. The molecule has 0 spiro atoms. The molecule has 1 aromatic rings. The van der Waals surface area contributed by atoms with Crippen molar-refractivity contribution in [2.24, 2.45) is 0 Å². The van der Waals surface area contributed by atoms with Crippen molar-refractivity contribution in [2.75, 3.05) is 20.6 Å². The Kier molecular flexibility index (Phi) is 5.24. The van der Waals surface area contributed by atoms with Crippen molar-refractivity contribution in [2.45, 2.75) is 51.6 Å². The number of rotatable bonds is 5. The highest BCUT2D eigenvalue weighted by atomic mass is 16.2. The Morgan fingerprint density at radius 3 is 2.90 bits per heavy atom. The van der Waals surface area contributed by atoms with E-state index in [0.717, 1.165) is 13.1 Å². The molecule has 2 rings (SSSR count). The van der Waals surface area contributed by atoms with Gasteiger partial charge in [0.25, 0.3) is 0 Å². The van der Waals surface area contributed by atoms with Gasteiger partial charge < -0.3 is 14.8 Å². The van der Waals surface area contributed by atoms with Gasteiger partial charge in [-0.2, -0.15) is 0 Å². The van der Waals surface area contributed by atoms with Crippen LogP contribution in [0.4, 0.5) is 0 Å². The maximum Gasteiger partial charge on any atom is 0.223 e. The largest absolute Gasteiger partial charge is 0.353 e. The second-order valence-corrected chi connectivity index (χ2v) is 5.87. The molecule has 0 saturated heterocycles. The van der Waals surface area contributed by atoms with Crippen molar-refractivity contribution in [3.63, 3.8) is 0 Å². The number of amides is 1. The Labute approximate surface area is 122 Å². The van der Waals surface area contributed by atoms with Gasteiger partial charge in [0.1, 0.15) is 0 Å². The van der Waals surface area contributed by atoms with Crippen LogP contribution in [-0.4, -0.2) is 36.0 Å². The van der Waals surface area contributed by atoms with E-state index in [1.54, 1.807) is 4.90 Å². The number of nitrogens with zero attached hydrogens (tertiary/aromatic N) is 2. The van der Waals surface area contributed by atoms with Gasteiger partial charge in [-0.15, -0.1) is 0 Å². The standard InChI is InChI=1S/C16H27N3O/c1-4-17-15-8-6-5-7-13-11-19(12-14(13)15)10-9-16(20)18(2)3/h11-12,15,17H,4-10H2,1-3H3. The van der Waals surface area contributed by atoms with E-state index in [4.69, 9.17) is 0 Å². The molecule has 1 heterocycles. The van der Waals surface area contributed by atoms with Crippen molar-refractivity contribution < 1.29 is 4.79 Å². The summed E-state index contributed by atoms with van der Waals surface area (Å²) >= 11 is 0. The predicted molar refractivity (Wildman–Crippen MR) is 81.7 cm³/mol. The molecule has 1 amide bonds. The van der Waals surface area contributed by atoms with Crippen LogP contribution in [0, 0.1) is 0 Å². The van der Waals surface area contributed by atoms with Crippen LogP contribution in [-0.2, 0) is 17.8 Å². The second-order valence-electron chi connectivity index (χ2n) is 5.87. The minimum Gasteiger partial charge on any atom is -0.353 e. The number of fused-ring (bicyclic) bond motifs is 1. The number of aryl methyl sites for hydroxylation is 2. The molecule has 0 aliphatic heterocycles. The molecule has 0 bridgehead atoms. The van der Waals surface area contributed by atoms with Gasteiger partial charge in [0.2, 0.25) is 5.91 Å². The fourth-order valence-corrected chi connectivity index (χ4v) is 2.95. The van der Waals surface area contributed by atoms with E-state index < -0.39 is 0 Å². The first-order valence-electron chi connectivity index (χ1n) is 7.74. The average Bonchev–Trinajstić information content (AvgIpc) is 2.74. The number of hydrogen-bond donors (Lipinski definition) is 1. The third-order valence-electron chi connectivity index (χ3n) is 4.09. The third kappa shape index (κ3) is 3.63. The molecule has 1 atom stereocenters. The molecule has 0 saturated carbocycles. The quantitative estimate of drug-likeness (QED) is 0.839. The summed E-state index contributed by atoms with van der Waals surface area (Å²) in [5.74, 6) is 0.192. The molecule has 1 aromatic heterocycles. The lowest BCUT2D eigenvalue weighted by Crippen LogP contribution is -2.22. The van der Waals surface area contributed by atoms with Crippen molar-refractivity contribution in [1.29, 1.82) is 0 Å². The zero-order valence-electron chi connectivity index (χ0n) is 13.0. The zero-order valence-corrected chi connectivity index (χ0v) is 13.0. The zero-order chi connectivity index (χ0) is 14.5. The lowest BCUT2D eigenvalue weighted by molar-refractivity contribution is -0.128.